The lowest BCUT2D eigenvalue weighted by Gasteiger charge is -2.46. The van der Waals surface area contributed by atoms with E-state index >= 15 is 0 Å². The number of rotatable bonds is 5. The quantitative estimate of drug-likeness (QED) is 0.851. The van der Waals surface area contributed by atoms with E-state index in [9.17, 15) is 4.79 Å². The van der Waals surface area contributed by atoms with Crippen LogP contribution in [0.2, 0.25) is 0 Å². The first kappa shape index (κ1) is 16.8. The predicted octanol–water partition coefficient (Wildman–Crippen LogP) is 3.48. The maximum atomic E-state index is 13.0. The number of pyridine rings is 1. The largest absolute Gasteiger partial charge is 0.367 e. The van der Waals surface area contributed by atoms with Crippen LogP contribution in [0.4, 0.5) is 11.5 Å². The van der Waals surface area contributed by atoms with Crippen molar-refractivity contribution in [2.75, 3.05) is 10.6 Å². The van der Waals surface area contributed by atoms with Crippen molar-refractivity contribution in [1.29, 1.82) is 0 Å². The molecule has 4 aliphatic rings. The number of hydrogen-bond donors (Lipinski definition) is 2. The van der Waals surface area contributed by atoms with E-state index in [0.717, 1.165) is 30.8 Å². The summed E-state index contributed by atoms with van der Waals surface area (Å²) in [6.07, 6.45) is 12.0. The molecule has 6 heteroatoms. The summed E-state index contributed by atoms with van der Waals surface area (Å²) in [7, 11) is 1.98. The molecule has 142 valence electrons. The number of aryl methyl sites for hydroxylation is 1. The lowest BCUT2D eigenvalue weighted by molar-refractivity contribution is -0.127. The number of nitrogens with one attached hydrogen (secondary N) is 2. The number of anilines is 2. The van der Waals surface area contributed by atoms with E-state index in [0.29, 0.717) is 12.0 Å². The fourth-order valence-electron chi connectivity index (χ4n) is 5.74. The average molecular weight is 365 g/mol. The Labute approximate surface area is 159 Å². The van der Waals surface area contributed by atoms with Crippen molar-refractivity contribution in [1.82, 2.24) is 14.8 Å². The minimum atomic E-state index is -0.0304. The molecule has 0 aromatic carbocycles. The van der Waals surface area contributed by atoms with Crippen molar-refractivity contribution in [3.8, 4) is 0 Å². The molecular formula is C21H27N5O. The standard InChI is InChI=1S/C21H27N5O/c1-26-17(9-11-23-26)21-10-8-14(12-21)19(21)20(27)25-16-6-7-18(22-13-16)24-15-4-2-3-5-15/h6-7,9,11,13-15,19H,2-5,8,10,12H2,1H3,(H,22,24)(H,25,27). The van der Waals surface area contributed by atoms with Gasteiger partial charge in [-0.3, -0.25) is 9.48 Å². The maximum Gasteiger partial charge on any atom is 0.228 e. The molecule has 2 heterocycles. The van der Waals surface area contributed by atoms with Crippen molar-refractivity contribution in [2.24, 2.45) is 18.9 Å². The zero-order chi connectivity index (χ0) is 18.4. The van der Waals surface area contributed by atoms with Crippen LogP contribution in [0.1, 0.15) is 50.6 Å². The number of amides is 1. The third-order valence-corrected chi connectivity index (χ3v) is 7.01. The van der Waals surface area contributed by atoms with Crippen molar-refractivity contribution < 1.29 is 4.79 Å². The van der Waals surface area contributed by atoms with Gasteiger partial charge in [-0.2, -0.15) is 5.10 Å². The highest BCUT2D eigenvalue weighted by Gasteiger charge is 2.63. The number of carbonyl (C=O) groups is 1. The summed E-state index contributed by atoms with van der Waals surface area (Å²) in [5.74, 6) is 1.57. The minimum Gasteiger partial charge on any atom is -0.367 e. The molecule has 4 fully saturated rings. The van der Waals surface area contributed by atoms with Gasteiger partial charge in [0.15, 0.2) is 0 Å². The van der Waals surface area contributed by atoms with E-state index in [2.05, 4.69) is 26.8 Å². The molecule has 2 aromatic rings. The van der Waals surface area contributed by atoms with Gasteiger partial charge in [-0.1, -0.05) is 12.8 Å². The first-order valence-corrected chi connectivity index (χ1v) is 10.2. The Kier molecular flexibility index (Phi) is 3.95. The summed E-state index contributed by atoms with van der Waals surface area (Å²) in [5.41, 5.74) is 1.95. The molecule has 0 spiro atoms. The molecule has 0 radical (unpaired) electrons. The molecule has 4 aliphatic carbocycles. The highest BCUT2D eigenvalue weighted by atomic mass is 16.2. The van der Waals surface area contributed by atoms with E-state index in [4.69, 9.17) is 0 Å². The van der Waals surface area contributed by atoms with Crippen LogP contribution in [0, 0.1) is 11.8 Å². The number of aromatic nitrogens is 3. The summed E-state index contributed by atoms with van der Waals surface area (Å²) in [5, 5.41) is 10.9. The molecule has 2 bridgehead atoms. The van der Waals surface area contributed by atoms with Crippen LogP contribution in [0.3, 0.4) is 0 Å². The molecule has 27 heavy (non-hydrogen) atoms. The molecule has 1 amide bonds. The van der Waals surface area contributed by atoms with Gasteiger partial charge in [0.1, 0.15) is 5.82 Å². The van der Waals surface area contributed by atoms with Crippen LogP contribution in [-0.4, -0.2) is 26.7 Å². The summed E-state index contributed by atoms with van der Waals surface area (Å²) >= 11 is 0. The van der Waals surface area contributed by atoms with Gasteiger partial charge in [-0.25, -0.2) is 4.98 Å². The second-order valence-corrected chi connectivity index (χ2v) is 8.52. The summed E-state index contributed by atoms with van der Waals surface area (Å²) in [6.45, 7) is 0. The monoisotopic (exact) mass is 365 g/mol. The summed E-state index contributed by atoms with van der Waals surface area (Å²) in [4.78, 5) is 17.5. The first-order chi connectivity index (χ1) is 13.2. The SMILES string of the molecule is Cn1nccc1C12CCC(C1)C2C(=O)Nc1ccc(NC2CCCC2)nc1. The van der Waals surface area contributed by atoms with E-state index in [1.54, 1.807) is 6.20 Å². The highest BCUT2D eigenvalue weighted by Crippen LogP contribution is 2.64. The van der Waals surface area contributed by atoms with Crippen LogP contribution in [0.5, 0.6) is 0 Å². The van der Waals surface area contributed by atoms with Gasteiger partial charge in [-0.05, 0) is 56.2 Å². The molecule has 0 saturated heterocycles. The van der Waals surface area contributed by atoms with Crippen LogP contribution in [-0.2, 0) is 17.3 Å². The Morgan fingerprint density at radius 2 is 2.07 bits per heavy atom. The van der Waals surface area contributed by atoms with Gasteiger partial charge in [-0.15, -0.1) is 0 Å². The van der Waals surface area contributed by atoms with Crippen LogP contribution in [0.15, 0.2) is 30.6 Å². The lowest BCUT2D eigenvalue weighted by Crippen LogP contribution is -2.51. The molecule has 6 rings (SSSR count). The molecule has 2 N–H and O–H groups in total. The van der Waals surface area contributed by atoms with Gasteiger partial charge in [0.25, 0.3) is 0 Å². The highest BCUT2D eigenvalue weighted by molar-refractivity contribution is 5.95. The van der Waals surface area contributed by atoms with Gasteiger partial charge in [0.05, 0.1) is 17.8 Å². The number of carbonyl (C=O) groups excluding carboxylic acids is 1. The Hall–Kier alpha value is -2.37. The third kappa shape index (κ3) is 2.73. The lowest BCUT2D eigenvalue weighted by atomic mass is 9.58. The van der Waals surface area contributed by atoms with E-state index < -0.39 is 0 Å². The van der Waals surface area contributed by atoms with Crippen molar-refractivity contribution >= 4 is 17.4 Å². The Balaban J connectivity index is 1.27. The Bertz CT molecular complexity index is 835. The van der Waals surface area contributed by atoms with E-state index in [1.807, 2.05) is 30.1 Å². The molecule has 0 aliphatic heterocycles. The number of nitrogens with zero attached hydrogens (tertiary/aromatic N) is 3. The van der Waals surface area contributed by atoms with Crippen molar-refractivity contribution in [3.05, 3.63) is 36.3 Å². The number of fused-ring (bicyclic) bond motifs is 1. The zero-order valence-electron chi connectivity index (χ0n) is 15.8. The molecule has 3 unspecified atom stereocenters. The Morgan fingerprint density at radius 1 is 1.22 bits per heavy atom. The Morgan fingerprint density at radius 3 is 2.74 bits per heavy atom. The number of hydrogen-bond acceptors (Lipinski definition) is 4. The van der Waals surface area contributed by atoms with Crippen LogP contribution >= 0.6 is 0 Å². The van der Waals surface area contributed by atoms with Crippen molar-refractivity contribution in [2.45, 2.75) is 56.4 Å². The topological polar surface area (TPSA) is 71.8 Å². The van der Waals surface area contributed by atoms with E-state index in [1.165, 1.54) is 31.4 Å². The molecule has 3 atom stereocenters. The second kappa shape index (κ2) is 6.36. The third-order valence-electron chi connectivity index (χ3n) is 7.01. The van der Waals surface area contributed by atoms with Gasteiger partial charge < -0.3 is 10.6 Å². The fourth-order valence-corrected chi connectivity index (χ4v) is 5.74. The summed E-state index contributed by atoms with van der Waals surface area (Å²) in [6, 6.07) is 6.55. The second-order valence-electron chi connectivity index (χ2n) is 8.52. The zero-order valence-corrected chi connectivity index (χ0v) is 15.8. The fraction of sp³-hybridized carbons (Fsp3) is 0.571. The van der Waals surface area contributed by atoms with Crippen LogP contribution < -0.4 is 10.6 Å². The van der Waals surface area contributed by atoms with E-state index in [-0.39, 0.29) is 17.2 Å². The van der Waals surface area contributed by atoms with Gasteiger partial charge >= 0.3 is 0 Å². The maximum absolute atomic E-state index is 13.0. The first-order valence-electron chi connectivity index (χ1n) is 10.2. The summed E-state index contributed by atoms with van der Waals surface area (Å²) < 4.78 is 1.94. The van der Waals surface area contributed by atoms with Gasteiger partial charge in [0.2, 0.25) is 5.91 Å². The predicted molar refractivity (Wildman–Crippen MR) is 104 cm³/mol. The van der Waals surface area contributed by atoms with Gasteiger partial charge in [0, 0.05) is 30.4 Å². The van der Waals surface area contributed by atoms with Crippen molar-refractivity contribution in [3.63, 3.8) is 0 Å². The van der Waals surface area contributed by atoms with Crippen LogP contribution in [0.25, 0.3) is 0 Å². The molecule has 4 saturated carbocycles. The normalized spacial score (nSPS) is 29.5. The average Bonchev–Trinajstić information content (AvgIpc) is 3.40. The minimum absolute atomic E-state index is 0.0304. The molecular weight excluding hydrogens is 338 g/mol. The molecule has 2 aromatic heterocycles. The smallest absolute Gasteiger partial charge is 0.228 e. The molecule has 6 nitrogen and oxygen atoms in total.